The Morgan fingerprint density at radius 2 is 2.28 bits per heavy atom. The van der Waals surface area contributed by atoms with Gasteiger partial charge in [-0.25, -0.2) is 0 Å². The Morgan fingerprint density at radius 3 is 2.94 bits per heavy atom. The molecule has 3 nitrogen and oxygen atoms in total. The van der Waals surface area contributed by atoms with Crippen LogP contribution in [-0.2, 0) is 21.5 Å². The molecular formula is C14H21NO2S. The van der Waals surface area contributed by atoms with E-state index in [0.717, 1.165) is 38.9 Å². The molecule has 2 aliphatic rings. The summed E-state index contributed by atoms with van der Waals surface area (Å²) in [6, 6.07) is 2.26. The van der Waals surface area contributed by atoms with Gasteiger partial charge in [0.05, 0.1) is 5.60 Å². The van der Waals surface area contributed by atoms with Crippen molar-refractivity contribution in [3.05, 3.63) is 21.9 Å². The third-order valence-corrected chi connectivity index (χ3v) is 5.26. The van der Waals surface area contributed by atoms with Gasteiger partial charge in [0.25, 0.3) is 0 Å². The standard InChI is InChI=1S/C14H21NO2S/c1-3-15-7-5-14(6-8-15)11-4-9-18-12(11)10-13(16-2)17-14/h4,9,13H,3,5-8,10H2,1-2H3. The van der Waals surface area contributed by atoms with E-state index in [2.05, 4.69) is 23.3 Å². The van der Waals surface area contributed by atoms with E-state index in [1.165, 1.54) is 10.4 Å². The number of rotatable bonds is 2. The number of hydrogen-bond donors (Lipinski definition) is 0. The molecular weight excluding hydrogens is 246 g/mol. The molecule has 0 aromatic carbocycles. The first-order valence-corrected chi connectivity index (χ1v) is 7.65. The number of thiophene rings is 1. The fourth-order valence-electron chi connectivity index (χ4n) is 3.16. The summed E-state index contributed by atoms with van der Waals surface area (Å²) in [5.41, 5.74) is 1.34. The van der Waals surface area contributed by atoms with Crippen LogP contribution >= 0.6 is 11.3 Å². The van der Waals surface area contributed by atoms with Crippen LogP contribution < -0.4 is 0 Å². The summed E-state index contributed by atoms with van der Waals surface area (Å²) in [7, 11) is 1.75. The van der Waals surface area contributed by atoms with Gasteiger partial charge in [0.15, 0.2) is 6.29 Å². The monoisotopic (exact) mass is 267 g/mol. The first-order valence-electron chi connectivity index (χ1n) is 6.77. The van der Waals surface area contributed by atoms with E-state index in [9.17, 15) is 0 Å². The zero-order chi connectivity index (χ0) is 12.6. The molecule has 4 heteroatoms. The lowest BCUT2D eigenvalue weighted by molar-refractivity contribution is -0.226. The molecule has 1 unspecified atom stereocenters. The number of nitrogens with zero attached hydrogens (tertiary/aromatic N) is 1. The average Bonchev–Trinajstić information content (AvgIpc) is 2.89. The van der Waals surface area contributed by atoms with Crippen molar-refractivity contribution in [1.29, 1.82) is 0 Å². The van der Waals surface area contributed by atoms with Gasteiger partial charge in [0.1, 0.15) is 0 Å². The minimum absolute atomic E-state index is 0.0654. The highest BCUT2D eigenvalue weighted by molar-refractivity contribution is 7.10. The molecule has 0 bridgehead atoms. The predicted molar refractivity (Wildman–Crippen MR) is 72.9 cm³/mol. The second kappa shape index (κ2) is 4.93. The molecule has 1 aromatic rings. The fourth-order valence-corrected chi connectivity index (χ4v) is 4.14. The maximum absolute atomic E-state index is 6.30. The first kappa shape index (κ1) is 12.6. The summed E-state index contributed by atoms with van der Waals surface area (Å²) in [4.78, 5) is 3.95. The Kier molecular flexibility index (Phi) is 3.45. The van der Waals surface area contributed by atoms with Crippen molar-refractivity contribution in [2.45, 2.75) is 38.1 Å². The molecule has 0 N–H and O–H groups in total. The van der Waals surface area contributed by atoms with Gasteiger partial charge in [-0.3, -0.25) is 0 Å². The van der Waals surface area contributed by atoms with E-state index < -0.39 is 0 Å². The molecule has 18 heavy (non-hydrogen) atoms. The summed E-state index contributed by atoms with van der Waals surface area (Å²) in [5.74, 6) is 0. The SMILES string of the molecule is CCN1CCC2(CC1)OC(OC)Cc1sccc12. The smallest absolute Gasteiger partial charge is 0.163 e. The molecule has 3 rings (SSSR count). The lowest BCUT2D eigenvalue weighted by atomic mass is 9.82. The molecule has 2 aliphatic heterocycles. The van der Waals surface area contributed by atoms with Crippen LogP contribution in [0.5, 0.6) is 0 Å². The van der Waals surface area contributed by atoms with Gasteiger partial charge in [-0.05, 0) is 36.4 Å². The Balaban J connectivity index is 1.87. The number of methoxy groups -OCH3 is 1. The highest BCUT2D eigenvalue weighted by atomic mass is 32.1. The number of hydrogen-bond acceptors (Lipinski definition) is 4. The van der Waals surface area contributed by atoms with Crippen LogP contribution in [0.1, 0.15) is 30.2 Å². The second-order valence-corrected chi connectivity index (χ2v) is 6.17. The molecule has 1 saturated heterocycles. The summed E-state index contributed by atoms with van der Waals surface area (Å²) in [5, 5.41) is 2.19. The largest absolute Gasteiger partial charge is 0.355 e. The molecule has 0 radical (unpaired) electrons. The molecule has 1 fully saturated rings. The normalized spacial score (nSPS) is 27.3. The van der Waals surface area contributed by atoms with Crippen molar-refractivity contribution in [2.24, 2.45) is 0 Å². The average molecular weight is 267 g/mol. The van der Waals surface area contributed by atoms with Gasteiger partial charge in [-0.1, -0.05) is 6.92 Å². The van der Waals surface area contributed by atoms with Crippen molar-refractivity contribution in [1.82, 2.24) is 4.90 Å². The van der Waals surface area contributed by atoms with Crippen LogP contribution in [0, 0.1) is 0 Å². The fraction of sp³-hybridized carbons (Fsp3) is 0.714. The van der Waals surface area contributed by atoms with Crippen molar-refractivity contribution < 1.29 is 9.47 Å². The zero-order valence-corrected chi connectivity index (χ0v) is 12.0. The Hall–Kier alpha value is -0.420. The van der Waals surface area contributed by atoms with E-state index >= 15 is 0 Å². The third kappa shape index (κ3) is 2.01. The molecule has 0 amide bonds. The van der Waals surface area contributed by atoms with E-state index in [-0.39, 0.29) is 11.9 Å². The summed E-state index contributed by atoms with van der Waals surface area (Å²) >= 11 is 1.85. The van der Waals surface area contributed by atoms with Crippen LogP contribution in [0.3, 0.4) is 0 Å². The van der Waals surface area contributed by atoms with Crippen LogP contribution in [0.15, 0.2) is 11.4 Å². The lowest BCUT2D eigenvalue weighted by Crippen LogP contribution is -2.48. The van der Waals surface area contributed by atoms with Crippen LogP contribution in [0.2, 0.25) is 0 Å². The Morgan fingerprint density at radius 1 is 1.50 bits per heavy atom. The van der Waals surface area contributed by atoms with E-state index in [1.54, 1.807) is 7.11 Å². The van der Waals surface area contributed by atoms with Gasteiger partial charge in [-0.15, -0.1) is 11.3 Å². The minimum Gasteiger partial charge on any atom is -0.355 e. The van der Waals surface area contributed by atoms with Crippen LogP contribution in [-0.4, -0.2) is 37.9 Å². The maximum atomic E-state index is 6.30. The van der Waals surface area contributed by atoms with E-state index in [0.29, 0.717) is 0 Å². The summed E-state index contributed by atoms with van der Waals surface area (Å²) in [6.07, 6.45) is 3.02. The molecule has 1 atom stereocenters. The molecule has 100 valence electrons. The van der Waals surface area contributed by atoms with Crippen LogP contribution in [0.25, 0.3) is 0 Å². The Labute approximate surface area is 113 Å². The number of piperidine rings is 1. The topological polar surface area (TPSA) is 21.7 Å². The quantitative estimate of drug-likeness (QED) is 0.822. The van der Waals surface area contributed by atoms with E-state index in [1.807, 2.05) is 11.3 Å². The van der Waals surface area contributed by atoms with Crippen molar-refractivity contribution >= 4 is 11.3 Å². The molecule has 1 aromatic heterocycles. The third-order valence-electron chi connectivity index (χ3n) is 4.32. The maximum Gasteiger partial charge on any atom is 0.163 e. The van der Waals surface area contributed by atoms with Gasteiger partial charge in [-0.2, -0.15) is 0 Å². The predicted octanol–water partition coefficient (Wildman–Crippen LogP) is 2.60. The lowest BCUT2D eigenvalue weighted by Gasteiger charge is -2.45. The second-order valence-electron chi connectivity index (χ2n) is 5.17. The Bertz CT molecular complexity index is 410. The summed E-state index contributed by atoms with van der Waals surface area (Å²) in [6.45, 7) is 5.62. The highest BCUT2D eigenvalue weighted by Gasteiger charge is 2.44. The molecule has 0 saturated carbocycles. The minimum atomic E-state index is -0.0834. The van der Waals surface area contributed by atoms with Gasteiger partial charge < -0.3 is 14.4 Å². The van der Waals surface area contributed by atoms with Crippen molar-refractivity contribution in [3.8, 4) is 0 Å². The van der Waals surface area contributed by atoms with Gasteiger partial charge in [0.2, 0.25) is 0 Å². The number of likely N-dealkylation sites (tertiary alicyclic amines) is 1. The summed E-state index contributed by atoms with van der Waals surface area (Å²) < 4.78 is 11.8. The molecule has 0 aliphatic carbocycles. The first-order chi connectivity index (χ1) is 8.77. The highest BCUT2D eigenvalue weighted by Crippen LogP contribution is 2.45. The number of fused-ring (bicyclic) bond motifs is 2. The number of ether oxygens (including phenoxy) is 2. The van der Waals surface area contributed by atoms with Gasteiger partial charge in [0, 0.05) is 31.5 Å². The van der Waals surface area contributed by atoms with E-state index in [4.69, 9.17) is 9.47 Å². The zero-order valence-electron chi connectivity index (χ0n) is 11.1. The van der Waals surface area contributed by atoms with Crippen molar-refractivity contribution in [2.75, 3.05) is 26.7 Å². The van der Waals surface area contributed by atoms with Crippen LogP contribution in [0.4, 0.5) is 0 Å². The molecule has 1 spiro atoms. The molecule has 3 heterocycles. The van der Waals surface area contributed by atoms with Crippen molar-refractivity contribution in [3.63, 3.8) is 0 Å². The van der Waals surface area contributed by atoms with Gasteiger partial charge >= 0.3 is 0 Å².